The fourth-order valence-electron chi connectivity index (χ4n) is 2.09. The molecule has 0 spiro atoms. The number of hydrogen-bond acceptors (Lipinski definition) is 3. The molecule has 0 bridgehead atoms. The highest BCUT2D eigenvalue weighted by Gasteiger charge is 2.30. The minimum Gasteiger partial charge on any atom is -0.468 e. The number of methoxy groups -OCH3 is 1. The van der Waals surface area contributed by atoms with E-state index in [1.165, 1.54) is 7.11 Å². The van der Waals surface area contributed by atoms with Crippen molar-refractivity contribution in [3.05, 3.63) is 70.2 Å². The van der Waals surface area contributed by atoms with E-state index in [2.05, 4.69) is 15.9 Å². The van der Waals surface area contributed by atoms with E-state index in [4.69, 9.17) is 4.74 Å². The summed E-state index contributed by atoms with van der Waals surface area (Å²) in [5.74, 6) is -1.20. The second-order valence-electron chi connectivity index (χ2n) is 4.41. The predicted molar refractivity (Wildman–Crippen MR) is 80.3 cm³/mol. The number of ether oxygens (including phenoxy) is 1. The van der Waals surface area contributed by atoms with Gasteiger partial charge in [-0.15, -0.1) is 0 Å². The van der Waals surface area contributed by atoms with E-state index in [-0.39, 0.29) is 0 Å². The fraction of sp³-hybridized carbons (Fsp3) is 0.188. The van der Waals surface area contributed by atoms with Crippen molar-refractivity contribution in [3.63, 3.8) is 0 Å². The second kappa shape index (κ2) is 6.68. The maximum Gasteiger partial charge on any atom is 0.316 e. The van der Waals surface area contributed by atoms with Crippen LogP contribution in [0, 0.1) is 0 Å². The molecule has 0 radical (unpaired) electrons. The Kier molecular flexibility index (Phi) is 4.93. The van der Waals surface area contributed by atoms with Gasteiger partial charge in [0.15, 0.2) is 0 Å². The predicted octanol–water partition coefficient (Wildman–Crippen LogP) is 3.44. The molecule has 2 aromatic carbocycles. The van der Waals surface area contributed by atoms with E-state index in [9.17, 15) is 9.90 Å². The molecule has 2 atom stereocenters. The van der Waals surface area contributed by atoms with Gasteiger partial charge in [0.2, 0.25) is 0 Å². The summed E-state index contributed by atoms with van der Waals surface area (Å²) >= 11 is 3.35. The van der Waals surface area contributed by atoms with Crippen LogP contribution >= 0.6 is 15.9 Å². The molecule has 20 heavy (non-hydrogen) atoms. The largest absolute Gasteiger partial charge is 0.468 e. The molecule has 0 fully saturated rings. The van der Waals surface area contributed by atoms with Gasteiger partial charge in [-0.2, -0.15) is 0 Å². The fourth-order valence-corrected chi connectivity index (χ4v) is 2.35. The molecule has 2 aromatic rings. The van der Waals surface area contributed by atoms with Gasteiger partial charge in [-0.05, 0) is 23.3 Å². The van der Waals surface area contributed by atoms with Crippen LogP contribution in [0.3, 0.4) is 0 Å². The third kappa shape index (κ3) is 3.26. The highest BCUT2D eigenvalue weighted by atomic mass is 79.9. The summed E-state index contributed by atoms with van der Waals surface area (Å²) in [7, 11) is 1.33. The van der Waals surface area contributed by atoms with Crippen LogP contribution in [0.25, 0.3) is 0 Å². The van der Waals surface area contributed by atoms with Crippen LogP contribution in [0.4, 0.5) is 0 Å². The number of aliphatic hydroxyl groups is 1. The Labute approximate surface area is 126 Å². The molecular formula is C16H15BrO3. The van der Waals surface area contributed by atoms with E-state index in [0.717, 1.165) is 10.0 Å². The Morgan fingerprint density at radius 1 is 1.05 bits per heavy atom. The molecule has 0 amide bonds. The highest BCUT2D eigenvalue weighted by molar-refractivity contribution is 9.10. The first-order valence-electron chi connectivity index (χ1n) is 6.20. The first kappa shape index (κ1) is 14.8. The number of halogens is 1. The third-order valence-electron chi connectivity index (χ3n) is 3.14. The molecule has 3 nitrogen and oxygen atoms in total. The number of benzene rings is 2. The molecule has 2 rings (SSSR count). The average molecular weight is 335 g/mol. The molecular weight excluding hydrogens is 320 g/mol. The van der Waals surface area contributed by atoms with Gasteiger partial charge in [-0.25, -0.2) is 0 Å². The number of aliphatic hydroxyl groups excluding tert-OH is 1. The lowest BCUT2D eigenvalue weighted by Gasteiger charge is -2.21. The quantitative estimate of drug-likeness (QED) is 0.871. The van der Waals surface area contributed by atoms with E-state index < -0.39 is 18.0 Å². The Morgan fingerprint density at radius 3 is 2.20 bits per heavy atom. The van der Waals surface area contributed by atoms with Crippen LogP contribution in [0.2, 0.25) is 0 Å². The number of esters is 1. The van der Waals surface area contributed by atoms with Crippen LogP contribution in [-0.2, 0) is 9.53 Å². The lowest BCUT2D eigenvalue weighted by atomic mass is 9.89. The first-order valence-corrected chi connectivity index (χ1v) is 6.99. The maximum atomic E-state index is 12.0. The molecule has 1 N–H and O–H groups in total. The highest BCUT2D eigenvalue weighted by Crippen LogP contribution is 2.32. The smallest absolute Gasteiger partial charge is 0.316 e. The molecule has 0 aliphatic carbocycles. The van der Waals surface area contributed by atoms with Crippen LogP contribution in [0.15, 0.2) is 59.1 Å². The van der Waals surface area contributed by atoms with Crippen LogP contribution in [-0.4, -0.2) is 18.2 Å². The standard InChI is InChI=1S/C16H15BrO3/c1-20-16(19)14(11-7-9-13(17)10-8-11)15(18)12-5-3-2-4-6-12/h2-10,14-15,18H,1H3/t14-,15-/m0/s1. The number of rotatable bonds is 4. The van der Waals surface area contributed by atoms with Gasteiger partial charge in [0.25, 0.3) is 0 Å². The molecule has 0 saturated carbocycles. The van der Waals surface area contributed by atoms with Gasteiger partial charge in [-0.3, -0.25) is 4.79 Å². The summed E-state index contributed by atoms with van der Waals surface area (Å²) in [6.45, 7) is 0. The van der Waals surface area contributed by atoms with Crippen molar-refractivity contribution in [1.82, 2.24) is 0 Å². The zero-order chi connectivity index (χ0) is 14.5. The Balaban J connectivity index is 2.38. The lowest BCUT2D eigenvalue weighted by Crippen LogP contribution is -2.21. The molecule has 0 aliphatic rings. The van der Waals surface area contributed by atoms with Crippen molar-refractivity contribution < 1.29 is 14.6 Å². The van der Waals surface area contributed by atoms with Gasteiger partial charge in [0.05, 0.1) is 13.2 Å². The summed E-state index contributed by atoms with van der Waals surface area (Å²) in [5, 5.41) is 10.5. The minimum atomic E-state index is -0.940. The van der Waals surface area contributed by atoms with Crippen LogP contribution in [0.5, 0.6) is 0 Å². The SMILES string of the molecule is COC(=O)[C@@H](c1ccc(Br)cc1)[C@@H](O)c1ccccc1. The van der Waals surface area contributed by atoms with Crippen molar-refractivity contribution in [2.75, 3.05) is 7.11 Å². The summed E-state index contributed by atoms with van der Waals surface area (Å²) in [6.07, 6.45) is -0.940. The van der Waals surface area contributed by atoms with Crippen molar-refractivity contribution in [3.8, 4) is 0 Å². The molecule has 0 heterocycles. The topological polar surface area (TPSA) is 46.5 Å². The number of carbonyl (C=O) groups excluding carboxylic acids is 1. The lowest BCUT2D eigenvalue weighted by molar-refractivity contribution is -0.145. The summed E-state index contributed by atoms with van der Waals surface area (Å²) in [5.41, 5.74) is 1.40. The van der Waals surface area contributed by atoms with Crippen molar-refractivity contribution in [1.29, 1.82) is 0 Å². The van der Waals surface area contributed by atoms with Gasteiger partial charge in [0, 0.05) is 4.47 Å². The van der Waals surface area contributed by atoms with Crippen molar-refractivity contribution >= 4 is 21.9 Å². The van der Waals surface area contributed by atoms with Gasteiger partial charge in [-0.1, -0.05) is 58.4 Å². The molecule has 0 unspecified atom stereocenters. The zero-order valence-electron chi connectivity index (χ0n) is 11.0. The van der Waals surface area contributed by atoms with Gasteiger partial charge >= 0.3 is 5.97 Å². The zero-order valence-corrected chi connectivity index (χ0v) is 12.6. The first-order chi connectivity index (χ1) is 9.63. The van der Waals surface area contributed by atoms with E-state index in [0.29, 0.717) is 5.56 Å². The molecule has 0 aromatic heterocycles. The van der Waals surface area contributed by atoms with E-state index in [1.807, 2.05) is 30.3 Å². The number of hydrogen-bond donors (Lipinski definition) is 1. The molecule has 0 aliphatic heterocycles. The summed E-state index contributed by atoms with van der Waals surface area (Å²) in [6, 6.07) is 16.4. The minimum absolute atomic E-state index is 0.455. The average Bonchev–Trinajstić information content (AvgIpc) is 2.50. The molecule has 4 heteroatoms. The van der Waals surface area contributed by atoms with E-state index in [1.54, 1.807) is 24.3 Å². The normalized spacial score (nSPS) is 13.6. The Hall–Kier alpha value is -1.65. The molecule has 104 valence electrons. The van der Waals surface area contributed by atoms with Crippen LogP contribution in [0.1, 0.15) is 23.1 Å². The van der Waals surface area contributed by atoms with Crippen molar-refractivity contribution in [2.24, 2.45) is 0 Å². The monoisotopic (exact) mass is 334 g/mol. The summed E-state index contributed by atoms with van der Waals surface area (Å²) in [4.78, 5) is 12.0. The number of carbonyl (C=O) groups is 1. The van der Waals surface area contributed by atoms with Gasteiger partial charge < -0.3 is 9.84 Å². The van der Waals surface area contributed by atoms with Crippen molar-refractivity contribution in [2.45, 2.75) is 12.0 Å². The second-order valence-corrected chi connectivity index (χ2v) is 5.32. The maximum absolute atomic E-state index is 12.0. The molecule has 0 saturated heterocycles. The Morgan fingerprint density at radius 2 is 1.65 bits per heavy atom. The third-order valence-corrected chi connectivity index (χ3v) is 3.67. The van der Waals surface area contributed by atoms with Gasteiger partial charge in [0.1, 0.15) is 5.92 Å². The van der Waals surface area contributed by atoms with Crippen LogP contribution < -0.4 is 0 Å². The van der Waals surface area contributed by atoms with E-state index >= 15 is 0 Å². The summed E-state index contributed by atoms with van der Waals surface area (Å²) < 4.78 is 5.74. The Bertz CT molecular complexity index is 566.